The normalized spacial score (nSPS) is 14.9. The maximum atomic E-state index is 11.3. The number of rotatable bonds is 4. The zero-order valence-electron chi connectivity index (χ0n) is 10.3. The zero-order chi connectivity index (χ0) is 14.0. The van der Waals surface area contributed by atoms with Crippen molar-refractivity contribution in [3.8, 4) is 17.2 Å². The van der Waals surface area contributed by atoms with Gasteiger partial charge in [0.1, 0.15) is 19.0 Å². The van der Waals surface area contributed by atoms with E-state index in [1.165, 1.54) is 7.11 Å². The predicted molar refractivity (Wildman–Crippen MR) is 68.4 cm³/mol. The number of carboxylic acids is 1. The summed E-state index contributed by atoms with van der Waals surface area (Å²) in [4.78, 5) is 11.3. The van der Waals surface area contributed by atoms with Crippen LogP contribution in [0.5, 0.6) is 17.2 Å². The van der Waals surface area contributed by atoms with Crippen molar-refractivity contribution in [3.05, 3.63) is 16.7 Å². The average Bonchev–Trinajstić information content (AvgIpc) is 2.41. The molecule has 0 bridgehead atoms. The molecule has 7 heteroatoms. The van der Waals surface area contributed by atoms with E-state index in [-0.39, 0.29) is 11.6 Å². The highest BCUT2D eigenvalue weighted by Crippen LogP contribution is 2.47. The molecule has 0 amide bonds. The van der Waals surface area contributed by atoms with Gasteiger partial charge in [-0.05, 0) is 0 Å². The van der Waals surface area contributed by atoms with Crippen molar-refractivity contribution in [2.45, 2.75) is 5.92 Å². The molecule has 1 unspecified atom stereocenters. The Balaban J connectivity index is 2.64. The first-order valence-corrected chi connectivity index (χ1v) is 6.06. The van der Waals surface area contributed by atoms with Crippen LogP contribution < -0.4 is 19.9 Å². The van der Waals surface area contributed by atoms with Gasteiger partial charge in [0, 0.05) is 18.2 Å². The van der Waals surface area contributed by atoms with E-state index < -0.39 is 11.9 Å². The quantitative estimate of drug-likeness (QED) is 0.866. The topological polar surface area (TPSA) is 91.0 Å². The molecule has 2 rings (SSSR count). The lowest BCUT2D eigenvalue weighted by Crippen LogP contribution is -2.25. The molecule has 1 heterocycles. The molecule has 3 N–H and O–H groups in total. The molecule has 0 aromatic heterocycles. The number of nitrogens with two attached hydrogens (primary N) is 1. The van der Waals surface area contributed by atoms with Crippen molar-refractivity contribution in [1.29, 1.82) is 0 Å². The Kier molecular flexibility index (Phi) is 4.01. The minimum absolute atomic E-state index is 0.0992. The fourth-order valence-electron chi connectivity index (χ4n) is 1.97. The van der Waals surface area contributed by atoms with Gasteiger partial charge in [-0.1, -0.05) is 11.6 Å². The van der Waals surface area contributed by atoms with Gasteiger partial charge in [-0.3, -0.25) is 4.79 Å². The highest BCUT2D eigenvalue weighted by Gasteiger charge is 2.31. The molecule has 104 valence electrons. The summed E-state index contributed by atoms with van der Waals surface area (Å²) < 4.78 is 16.0. The molecule has 1 aliphatic rings. The number of hydrogen-bond donors (Lipinski definition) is 2. The number of carbonyl (C=O) groups is 1. The van der Waals surface area contributed by atoms with Gasteiger partial charge in [0.15, 0.2) is 11.5 Å². The zero-order valence-corrected chi connectivity index (χ0v) is 11.1. The average molecular weight is 288 g/mol. The van der Waals surface area contributed by atoms with Crippen molar-refractivity contribution in [3.63, 3.8) is 0 Å². The summed E-state index contributed by atoms with van der Waals surface area (Å²) >= 11 is 6.18. The lowest BCUT2D eigenvalue weighted by atomic mass is 9.97. The van der Waals surface area contributed by atoms with Gasteiger partial charge >= 0.3 is 5.97 Å². The molecule has 0 radical (unpaired) electrons. The molecule has 0 fully saturated rings. The SMILES string of the molecule is COc1cc2c(c(C(CN)C(=O)O)c1Cl)OCCO2. The highest BCUT2D eigenvalue weighted by atomic mass is 35.5. The smallest absolute Gasteiger partial charge is 0.312 e. The number of carboxylic acid groups (broad SMARTS) is 1. The Hall–Kier alpha value is -1.66. The van der Waals surface area contributed by atoms with E-state index in [9.17, 15) is 9.90 Å². The van der Waals surface area contributed by atoms with Crippen molar-refractivity contribution in [2.75, 3.05) is 26.9 Å². The Morgan fingerprint density at radius 3 is 2.84 bits per heavy atom. The molecule has 0 saturated carbocycles. The number of fused-ring (bicyclic) bond motifs is 1. The van der Waals surface area contributed by atoms with E-state index in [2.05, 4.69) is 0 Å². The first-order chi connectivity index (χ1) is 9.10. The van der Waals surface area contributed by atoms with E-state index in [1.807, 2.05) is 0 Å². The van der Waals surface area contributed by atoms with Gasteiger partial charge in [-0.2, -0.15) is 0 Å². The van der Waals surface area contributed by atoms with Crippen LogP contribution in [-0.4, -0.2) is 37.9 Å². The highest BCUT2D eigenvalue weighted by molar-refractivity contribution is 6.33. The molecule has 6 nitrogen and oxygen atoms in total. The lowest BCUT2D eigenvalue weighted by molar-refractivity contribution is -0.138. The summed E-state index contributed by atoms with van der Waals surface area (Å²) in [5.41, 5.74) is 5.82. The van der Waals surface area contributed by atoms with Crippen molar-refractivity contribution in [2.24, 2.45) is 5.73 Å². The number of benzene rings is 1. The molecule has 1 atom stereocenters. The first kappa shape index (κ1) is 13.8. The molecule has 0 aliphatic carbocycles. The Labute approximate surface area is 115 Å². The van der Waals surface area contributed by atoms with E-state index in [0.717, 1.165) is 0 Å². The van der Waals surface area contributed by atoms with E-state index >= 15 is 0 Å². The number of aliphatic carboxylic acids is 1. The fraction of sp³-hybridized carbons (Fsp3) is 0.417. The van der Waals surface area contributed by atoms with Crippen molar-refractivity contribution in [1.82, 2.24) is 0 Å². The van der Waals surface area contributed by atoms with Crippen LogP contribution in [0, 0.1) is 0 Å². The van der Waals surface area contributed by atoms with Gasteiger partial charge in [0.2, 0.25) is 0 Å². The third kappa shape index (κ3) is 2.41. The van der Waals surface area contributed by atoms with Crippen LogP contribution in [0.4, 0.5) is 0 Å². The molecular formula is C12H14ClNO5. The second kappa shape index (κ2) is 5.54. The van der Waals surface area contributed by atoms with Gasteiger partial charge in [0.05, 0.1) is 18.1 Å². The monoisotopic (exact) mass is 287 g/mol. The maximum absolute atomic E-state index is 11.3. The van der Waals surface area contributed by atoms with Crippen LogP contribution in [0.15, 0.2) is 6.07 Å². The van der Waals surface area contributed by atoms with E-state index in [1.54, 1.807) is 6.07 Å². The second-order valence-corrected chi connectivity index (χ2v) is 4.34. The second-order valence-electron chi connectivity index (χ2n) is 3.96. The van der Waals surface area contributed by atoms with Crippen LogP contribution in [0.25, 0.3) is 0 Å². The third-order valence-electron chi connectivity index (χ3n) is 2.87. The molecule has 0 saturated heterocycles. The summed E-state index contributed by atoms with van der Waals surface area (Å²) in [5.74, 6) is -0.968. The number of methoxy groups -OCH3 is 1. The Morgan fingerprint density at radius 1 is 1.58 bits per heavy atom. The summed E-state index contributed by atoms with van der Waals surface area (Å²) in [6.45, 7) is 0.620. The minimum Gasteiger partial charge on any atom is -0.495 e. The van der Waals surface area contributed by atoms with Gasteiger partial charge in [-0.25, -0.2) is 0 Å². The van der Waals surface area contributed by atoms with E-state index in [4.69, 9.17) is 31.5 Å². The van der Waals surface area contributed by atoms with Gasteiger partial charge < -0.3 is 25.1 Å². The Bertz CT molecular complexity index is 505. The molecule has 19 heavy (non-hydrogen) atoms. The van der Waals surface area contributed by atoms with Crippen LogP contribution in [0.2, 0.25) is 5.02 Å². The maximum Gasteiger partial charge on any atom is 0.312 e. The molecule has 0 spiro atoms. The molecule has 1 aromatic rings. The first-order valence-electron chi connectivity index (χ1n) is 5.69. The van der Waals surface area contributed by atoms with Crippen LogP contribution in [-0.2, 0) is 4.79 Å². The predicted octanol–water partition coefficient (Wildman–Crippen LogP) is 1.25. The van der Waals surface area contributed by atoms with Crippen molar-refractivity contribution < 1.29 is 24.1 Å². The number of halogens is 1. The summed E-state index contributed by atoms with van der Waals surface area (Å²) in [6.07, 6.45) is 0. The van der Waals surface area contributed by atoms with E-state index in [0.29, 0.717) is 36.0 Å². The summed E-state index contributed by atoms with van der Waals surface area (Å²) in [7, 11) is 1.44. The van der Waals surface area contributed by atoms with Crippen molar-refractivity contribution >= 4 is 17.6 Å². The van der Waals surface area contributed by atoms with Gasteiger partial charge in [-0.15, -0.1) is 0 Å². The van der Waals surface area contributed by atoms with Crippen LogP contribution in [0.3, 0.4) is 0 Å². The molecule has 1 aliphatic heterocycles. The Morgan fingerprint density at radius 2 is 2.26 bits per heavy atom. The fourth-order valence-corrected chi connectivity index (χ4v) is 2.32. The van der Waals surface area contributed by atoms with Crippen LogP contribution >= 0.6 is 11.6 Å². The van der Waals surface area contributed by atoms with Crippen LogP contribution in [0.1, 0.15) is 11.5 Å². The minimum atomic E-state index is -1.07. The molecule has 1 aromatic carbocycles. The number of hydrogen-bond acceptors (Lipinski definition) is 5. The lowest BCUT2D eigenvalue weighted by Gasteiger charge is -2.25. The molecular weight excluding hydrogens is 274 g/mol. The summed E-state index contributed by atoms with van der Waals surface area (Å²) in [6, 6.07) is 1.58. The third-order valence-corrected chi connectivity index (χ3v) is 3.26. The summed E-state index contributed by atoms with van der Waals surface area (Å²) in [5, 5.41) is 9.43. The van der Waals surface area contributed by atoms with Gasteiger partial charge in [0.25, 0.3) is 0 Å². The number of ether oxygens (including phenoxy) is 3. The standard InChI is InChI=1S/C12H14ClNO5/c1-17-7-4-8-11(19-3-2-18-8)9(10(7)13)6(5-14)12(15)16/h4,6H,2-3,5,14H2,1H3,(H,15,16). The largest absolute Gasteiger partial charge is 0.495 e.